The fraction of sp³-hybridized carbons (Fsp3) is 0.333. The molecule has 0 atom stereocenters. The maximum absolute atomic E-state index is 11.7. The molecule has 0 unspecified atom stereocenters. The second-order valence-corrected chi connectivity index (χ2v) is 5.23. The van der Waals surface area contributed by atoms with Crippen LogP contribution in [0, 0.1) is 0 Å². The number of Topliss-reactive ketones (excluding diaryl/α,β-unsaturated/α-hetero) is 1. The van der Waals surface area contributed by atoms with Gasteiger partial charge in [-0.3, -0.25) is 9.59 Å². The molecule has 1 N–H and O–H groups in total. The quantitative estimate of drug-likeness (QED) is 0.834. The van der Waals surface area contributed by atoms with Crippen molar-refractivity contribution in [2.45, 2.75) is 26.7 Å². The van der Waals surface area contributed by atoms with Crippen LogP contribution in [0.4, 0.5) is 0 Å². The van der Waals surface area contributed by atoms with E-state index in [9.17, 15) is 9.59 Å². The molecule has 4 heteroatoms. The first-order valence-corrected chi connectivity index (χ1v) is 7.43. The summed E-state index contributed by atoms with van der Waals surface area (Å²) in [6.45, 7) is 3.94. The van der Waals surface area contributed by atoms with Crippen LogP contribution in [-0.2, 0) is 11.2 Å². The third-order valence-corrected chi connectivity index (χ3v) is 3.69. The molecule has 2 aromatic rings. The molecule has 0 radical (unpaired) electrons. The number of methoxy groups -OCH3 is 1. The van der Waals surface area contributed by atoms with Gasteiger partial charge in [-0.05, 0) is 53.9 Å². The van der Waals surface area contributed by atoms with Gasteiger partial charge in [0.05, 0.1) is 7.11 Å². The van der Waals surface area contributed by atoms with E-state index < -0.39 is 0 Å². The van der Waals surface area contributed by atoms with E-state index in [1.165, 1.54) is 0 Å². The number of hydrogen-bond donors (Lipinski definition) is 1. The summed E-state index contributed by atoms with van der Waals surface area (Å²) in [5, 5.41) is 4.92. The lowest BCUT2D eigenvalue weighted by Crippen LogP contribution is -2.24. The smallest absolute Gasteiger partial charge is 0.219 e. The molecular weight excluding hydrogens is 278 g/mol. The third kappa shape index (κ3) is 3.64. The highest BCUT2D eigenvalue weighted by molar-refractivity contribution is 6.00. The Labute approximate surface area is 130 Å². The summed E-state index contributed by atoms with van der Waals surface area (Å²) >= 11 is 0. The van der Waals surface area contributed by atoms with E-state index in [-0.39, 0.29) is 11.7 Å². The predicted molar refractivity (Wildman–Crippen MR) is 87.5 cm³/mol. The molecule has 0 heterocycles. The molecule has 4 nitrogen and oxygen atoms in total. The van der Waals surface area contributed by atoms with E-state index >= 15 is 0 Å². The van der Waals surface area contributed by atoms with Crippen molar-refractivity contribution in [1.82, 2.24) is 5.32 Å². The average Bonchev–Trinajstić information content (AvgIpc) is 2.53. The van der Waals surface area contributed by atoms with Gasteiger partial charge in [0.25, 0.3) is 0 Å². The minimum atomic E-state index is 0.0320. The van der Waals surface area contributed by atoms with Gasteiger partial charge in [-0.25, -0.2) is 0 Å². The van der Waals surface area contributed by atoms with Crippen LogP contribution in [0.1, 0.15) is 36.2 Å². The van der Waals surface area contributed by atoms with Crippen LogP contribution in [0.3, 0.4) is 0 Å². The standard InChI is InChI=1S/C18H21NO3/c1-4-18(21)19-8-7-14-10-15(12(2)20)9-13-5-6-16(22-3)11-17(13)14/h5-6,9-11H,4,7-8H2,1-3H3,(H,19,21). The predicted octanol–water partition coefficient (Wildman–Crippen LogP) is 3.12. The van der Waals surface area contributed by atoms with Gasteiger partial charge in [0, 0.05) is 18.5 Å². The number of rotatable bonds is 6. The molecule has 22 heavy (non-hydrogen) atoms. The minimum absolute atomic E-state index is 0.0320. The number of amides is 1. The second kappa shape index (κ2) is 7.07. The number of carbonyl (C=O) groups excluding carboxylic acids is 2. The number of hydrogen-bond acceptors (Lipinski definition) is 3. The van der Waals surface area contributed by atoms with Gasteiger partial charge < -0.3 is 10.1 Å². The van der Waals surface area contributed by atoms with Gasteiger partial charge in [0.15, 0.2) is 5.78 Å². The zero-order valence-corrected chi connectivity index (χ0v) is 13.2. The van der Waals surface area contributed by atoms with E-state index in [4.69, 9.17) is 4.74 Å². The molecule has 1 amide bonds. The zero-order valence-electron chi connectivity index (χ0n) is 13.2. The van der Waals surface area contributed by atoms with Crippen LogP contribution in [0.2, 0.25) is 0 Å². The Kier molecular flexibility index (Phi) is 5.15. The summed E-state index contributed by atoms with van der Waals surface area (Å²) in [6, 6.07) is 9.60. The SMILES string of the molecule is CCC(=O)NCCc1cc(C(C)=O)cc2ccc(OC)cc12. The first-order valence-electron chi connectivity index (χ1n) is 7.43. The topological polar surface area (TPSA) is 55.4 Å². The monoisotopic (exact) mass is 299 g/mol. The Bertz CT molecular complexity index is 707. The molecule has 0 saturated heterocycles. The highest BCUT2D eigenvalue weighted by atomic mass is 16.5. The molecule has 2 aromatic carbocycles. The Morgan fingerprint density at radius 2 is 1.95 bits per heavy atom. The van der Waals surface area contributed by atoms with E-state index in [1.54, 1.807) is 14.0 Å². The number of ketones is 1. The Morgan fingerprint density at radius 3 is 2.59 bits per heavy atom. The van der Waals surface area contributed by atoms with E-state index in [1.807, 2.05) is 37.3 Å². The lowest BCUT2D eigenvalue weighted by Gasteiger charge is -2.11. The van der Waals surface area contributed by atoms with E-state index in [0.717, 1.165) is 22.1 Å². The van der Waals surface area contributed by atoms with Gasteiger partial charge >= 0.3 is 0 Å². The Hall–Kier alpha value is -2.36. The molecule has 0 aliphatic rings. The van der Waals surface area contributed by atoms with Gasteiger partial charge in [-0.1, -0.05) is 13.0 Å². The summed E-state index contributed by atoms with van der Waals surface area (Å²) < 4.78 is 5.28. The summed E-state index contributed by atoms with van der Waals surface area (Å²) in [7, 11) is 1.63. The van der Waals surface area contributed by atoms with Crippen LogP contribution in [0.15, 0.2) is 30.3 Å². The summed E-state index contributed by atoms with van der Waals surface area (Å²) in [5.74, 6) is 0.850. The first-order chi connectivity index (χ1) is 10.5. The molecule has 0 bridgehead atoms. The van der Waals surface area contributed by atoms with Crippen molar-refractivity contribution in [1.29, 1.82) is 0 Å². The normalized spacial score (nSPS) is 10.5. The molecule has 116 valence electrons. The van der Waals surface area contributed by atoms with Crippen molar-refractivity contribution in [2.75, 3.05) is 13.7 Å². The molecule has 0 spiro atoms. The van der Waals surface area contributed by atoms with Crippen LogP contribution in [-0.4, -0.2) is 25.3 Å². The average molecular weight is 299 g/mol. The maximum atomic E-state index is 11.7. The molecule has 0 saturated carbocycles. The molecule has 0 aliphatic carbocycles. The second-order valence-electron chi connectivity index (χ2n) is 5.23. The van der Waals surface area contributed by atoms with Crippen molar-refractivity contribution in [2.24, 2.45) is 0 Å². The number of nitrogens with one attached hydrogen (secondary N) is 1. The highest BCUT2D eigenvalue weighted by Gasteiger charge is 2.09. The molecular formula is C18H21NO3. The lowest BCUT2D eigenvalue weighted by molar-refractivity contribution is -0.120. The zero-order chi connectivity index (χ0) is 16.1. The lowest BCUT2D eigenvalue weighted by atomic mass is 9.97. The van der Waals surface area contributed by atoms with Gasteiger partial charge in [0.1, 0.15) is 5.75 Å². The third-order valence-electron chi connectivity index (χ3n) is 3.69. The molecule has 0 aromatic heterocycles. The number of benzene rings is 2. The van der Waals surface area contributed by atoms with Crippen LogP contribution in [0.25, 0.3) is 10.8 Å². The number of fused-ring (bicyclic) bond motifs is 1. The van der Waals surface area contributed by atoms with Crippen LogP contribution >= 0.6 is 0 Å². The summed E-state index contributed by atoms with van der Waals surface area (Å²) in [4.78, 5) is 23.1. The van der Waals surface area contributed by atoms with E-state index in [2.05, 4.69) is 5.32 Å². The van der Waals surface area contributed by atoms with Crippen molar-refractivity contribution in [3.05, 3.63) is 41.5 Å². The first kappa shape index (κ1) is 16.0. The van der Waals surface area contributed by atoms with Crippen molar-refractivity contribution in [3.63, 3.8) is 0 Å². The fourth-order valence-corrected chi connectivity index (χ4v) is 2.41. The van der Waals surface area contributed by atoms with Gasteiger partial charge in [-0.15, -0.1) is 0 Å². The van der Waals surface area contributed by atoms with Gasteiger partial charge in [0.2, 0.25) is 5.91 Å². The fourth-order valence-electron chi connectivity index (χ4n) is 2.41. The Balaban J connectivity index is 2.38. The van der Waals surface area contributed by atoms with Crippen molar-refractivity contribution in [3.8, 4) is 5.75 Å². The minimum Gasteiger partial charge on any atom is -0.497 e. The largest absolute Gasteiger partial charge is 0.497 e. The van der Waals surface area contributed by atoms with E-state index in [0.29, 0.717) is 24.9 Å². The van der Waals surface area contributed by atoms with Crippen LogP contribution in [0.5, 0.6) is 5.75 Å². The molecule has 0 aliphatic heterocycles. The molecule has 2 rings (SSSR count). The van der Waals surface area contributed by atoms with Crippen LogP contribution < -0.4 is 10.1 Å². The summed E-state index contributed by atoms with van der Waals surface area (Å²) in [6.07, 6.45) is 1.15. The number of carbonyl (C=O) groups is 2. The van der Waals surface area contributed by atoms with Crippen molar-refractivity contribution >= 4 is 22.5 Å². The number of ether oxygens (including phenoxy) is 1. The van der Waals surface area contributed by atoms with Gasteiger partial charge in [-0.2, -0.15) is 0 Å². The highest BCUT2D eigenvalue weighted by Crippen LogP contribution is 2.26. The maximum Gasteiger partial charge on any atom is 0.219 e. The Morgan fingerprint density at radius 1 is 1.18 bits per heavy atom. The summed E-state index contributed by atoms with van der Waals surface area (Å²) in [5.41, 5.74) is 1.73. The van der Waals surface area contributed by atoms with Crippen molar-refractivity contribution < 1.29 is 14.3 Å². The molecule has 0 fully saturated rings.